The van der Waals surface area contributed by atoms with Gasteiger partial charge >= 0.3 is 12.1 Å². The molecule has 3 heterocycles. The number of carbonyl (C=O) groups excluding carboxylic acids is 2. The second-order valence-corrected chi connectivity index (χ2v) is 11.3. The SMILES string of the molecule is Cc1[nH]c(C(=O)NC2CCN(c3cc(C(=O)O)nc(SCCNC(=O)OC(C)(C)C)n3)CC2)c(Cl)c1Cl. The number of rotatable bonds is 8. The number of aromatic amines is 1. The molecule has 0 aliphatic carbocycles. The molecular formula is C23H30Cl2N6O5S. The first-order chi connectivity index (χ1) is 17.3. The average molecular weight is 574 g/mol. The van der Waals surface area contributed by atoms with Crippen molar-refractivity contribution in [1.29, 1.82) is 0 Å². The van der Waals surface area contributed by atoms with Gasteiger partial charge in [-0.3, -0.25) is 4.79 Å². The summed E-state index contributed by atoms with van der Waals surface area (Å²) < 4.78 is 5.19. The number of alkyl carbamates (subject to hydrolysis) is 1. The molecule has 1 aliphatic rings. The molecule has 0 atom stereocenters. The van der Waals surface area contributed by atoms with Gasteiger partial charge in [-0.25, -0.2) is 19.6 Å². The van der Waals surface area contributed by atoms with Crippen LogP contribution in [-0.2, 0) is 4.74 Å². The summed E-state index contributed by atoms with van der Waals surface area (Å²) in [5.41, 5.74) is 0.148. The average Bonchev–Trinajstić information content (AvgIpc) is 3.08. The number of carboxylic acids is 1. The topological polar surface area (TPSA) is 150 Å². The van der Waals surface area contributed by atoms with Crippen molar-refractivity contribution in [2.45, 2.75) is 57.3 Å². The summed E-state index contributed by atoms with van der Waals surface area (Å²) in [7, 11) is 0. The van der Waals surface area contributed by atoms with Crippen molar-refractivity contribution >= 4 is 58.8 Å². The summed E-state index contributed by atoms with van der Waals surface area (Å²) in [5, 5.41) is 16.0. The Kier molecular flexibility index (Phi) is 9.54. The predicted molar refractivity (Wildman–Crippen MR) is 142 cm³/mol. The third kappa shape index (κ3) is 8.14. The number of carbonyl (C=O) groups is 3. The lowest BCUT2D eigenvalue weighted by Crippen LogP contribution is -2.45. The Hall–Kier alpha value is -2.70. The van der Waals surface area contributed by atoms with E-state index in [4.69, 9.17) is 27.9 Å². The molecule has 0 radical (unpaired) electrons. The van der Waals surface area contributed by atoms with E-state index < -0.39 is 17.7 Å². The zero-order valence-corrected chi connectivity index (χ0v) is 23.3. The summed E-state index contributed by atoms with van der Waals surface area (Å²) >= 11 is 13.5. The van der Waals surface area contributed by atoms with Crippen molar-refractivity contribution in [3.63, 3.8) is 0 Å². The number of aryl methyl sites for hydroxylation is 1. The van der Waals surface area contributed by atoms with E-state index in [1.807, 2.05) is 4.90 Å². The molecule has 0 aromatic carbocycles. The molecule has 1 saturated heterocycles. The van der Waals surface area contributed by atoms with Crippen LogP contribution >= 0.6 is 35.0 Å². The second kappa shape index (κ2) is 12.2. The van der Waals surface area contributed by atoms with Gasteiger partial charge in [0.1, 0.15) is 17.1 Å². The van der Waals surface area contributed by atoms with Gasteiger partial charge in [-0.15, -0.1) is 0 Å². The maximum absolute atomic E-state index is 12.6. The van der Waals surface area contributed by atoms with Gasteiger partial charge in [0.15, 0.2) is 10.9 Å². The normalized spacial score (nSPS) is 14.4. The van der Waals surface area contributed by atoms with Gasteiger partial charge in [-0.2, -0.15) is 0 Å². The van der Waals surface area contributed by atoms with Crippen molar-refractivity contribution in [1.82, 2.24) is 25.6 Å². The van der Waals surface area contributed by atoms with Gasteiger partial charge in [-0.1, -0.05) is 35.0 Å². The summed E-state index contributed by atoms with van der Waals surface area (Å²) in [6.07, 6.45) is 0.734. The number of H-pyrrole nitrogens is 1. The number of aromatic carboxylic acids is 1. The molecule has 11 nitrogen and oxygen atoms in total. The van der Waals surface area contributed by atoms with Crippen LogP contribution in [0.2, 0.25) is 10.0 Å². The number of carboxylic acid groups (broad SMARTS) is 1. The zero-order valence-electron chi connectivity index (χ0n) is 21.0. The molecule has 0 saturated carbocycles. The number of nitrogens with one attached hydrogen (secondary N) is 3. The van der Waals surface area contributed by atoms with Crippen LogP contribution in [0.3, 0.4) is 0 Å². The van der Waals surface area contributed by atoms with Crippen LogP contribution in [0, 0.1) is 6.92 Å². The highest BCUT2D eigenvalue weighted by molar-refractivity contribution is 7.99. The van der Waals surface area contributed by atoms with Crippen LogP contribution in [-0.4, -0.2) is 75.1 Å². The number of amides is 2. The van der Waals surface area contributed by atoms with E-state index in [1.54, 1.807) is 27.7 Å². The van der Waals surface area contributed by atoms with Gasteiger partial charge in [0.25, 0.3) is 5.91 Å². The Bertz CT molecular complexity index is 1160. The van der Waals surface area contributed by atoms with Crippen LogP contribution in [0.1, 0.15) is 60.3 Å². The Balaban J connectivity index is 1.57. The molecule has 2 aromatic heterocycles. The summed E-state index contributed by atoms with van der Waals surface area (Å²) in [6.45, 7) is 8.49. The quantitative estimate of drug-likeness (QED) is 0.208. The smallest absolute Gasteiger partial charge is 0.407 e. The minimum atomic E-state index is -1.16. The van der Waals surface area contributed by atoms with E-state index in [-0.39, 0.29) is 28.4 Å². The first-order valence-electron chi connectivity index (χ1n) is 11.7. The number of halogens is 2. The highest BCUT2D eigenvalue weighted by Crippen LogP contribution is 2.29. The van der Waals surface area contributed by atoms with Crippen LogP contribution in [0.15, 0.2) is 11.2 Å². The fraction of sp³-hybridized carbons (Fsp3) is 0.522. The molecule has 3 rings (SSSR count). The van der Waals surface area contributed by atoms with E-state index in [1.165, 1.54) is 17.8 Å². The number of anilines is 1. The Labute approximate surface area is 229 Å². The molecule has 0 spiro atoms. The Morgan fingerprint density at radius 1 is 1.22 bits per heavy atom. The summed E-state index contributed by atoms with van der Waals surface area (Å²) in [5.74, 6) is -0.557. The molecule has 1 aliphatic heterocycles. The molecule has 37 heavy (non-hydrogen) atoms. The summed E-state index contributed by atoms with van der Waals surface area (Å²) in [6, 6.07) is 1.35. The molecule has 2 aromatic rings. The third-order valence-electron chi connectivity index (χ3n) is 5.35. The molecule has 14 heteroatoms. The maximum atomic E-state index is 12.6. The number of hydrogen-bond donors (Lipinski definition) is 4. The van der Waals surface area contributed by atoms with Gasteiger partial charge < -0.3 is 30.4 Å². The van der Waals surface area contributed by atoms with Crippen LogP contribution in [0.25, 0.3) is 0 Å². The highest BCUT2D eigenvalue weighted by Gasteiger charge is 2.26. The van der Waals surface area contributed by atoms with Crippen molar-refractivity contribution in [3.8, 4) is 0 Å². The monoisotopic (exact) mass is 572 g/mol. The molecular weight excluding hydrogens is 543 g/mol. The lowest BCUT2D eigenvalue weighted by molar-refractivity contribution is 0.0530. The van der Waals surface area contributed by atoms with Crippen molar-refractivity contribution in [2.75, 3.05) is 30.3 Å². The van der Waals surface area contributed by atoms with Gasteiger partial charge in [0.05, 0.1) is 10.0 Å². The number of aromatic nitrogens is 3. The second-order valence-electron chi connectivity index (χ2n) is 9.46. The lowest BCUT2D eigenvalue weighted by Gasteiger charge is -2.33. The number of ether oxygens (including phenoxy) is 1. The Morgan fingerprint density at radius 3 is 2.46 bits per heavy atom. The Morgan fingerprint density at radius 2 is 1.89 bits per heavy atom. The highest BCUT2D eigenvalue weighted by atomic mass is 35.5. The fourth-order valence-electron chi connectivity index (χ4n) is 3.60. The number of thioether (sulfide) groups is 1. The van der Waals surface area contributed by atoms with E-state index in [2.05, 4.69) is 25.6 Å². The first kappa shape index (κ1) is 28.9. The maximum Gasteiger partial charge on any atom is 0.407 e. The van der Waals surface area contributed by atoms with E-state index >= 15 is 0 Å². The van der Waals surface area contributed by atoms with Crippen LogP contribution in [0.4, 0.5) is 10.6 Å². The van der Waals surface area contributed by atoms with Crippen molar-refractivity contribution in [2.24, 2.45) is 0 Å². The van der Waals surface area contributed by atoms with Gasteiger partial charge in [0, 0.05) is 43.2 Å². The number of piperidine rings is 1. The standard InChI is InChI=1S/C23H30Cl2N6O5S/c1-12-16(24)17(25)18(27-12)19(32)28-13-5-8-31(9-6-13)15-11-14(20(33)34)29-21(30-15)37-10-7-26-22(35)36-23(2,3)4/h11,13,27H,5-10H2,1-4H3,(H,26,35)(H,28,32)(H,33,34). The molecule has 202 valence electrons. The molecule has 0 unspecified atom stereocenters. The van der Waals surface area contributed by atoms with Crippen LogP contribution < -0.4 is 15.5 Å². The van der Waals surface area contributed by atoms with Crippen molar-refractivity contribution < 1.29 is 24.2 Å². The first-order valence-corrected chi connectivity index (χ1v) is 13.4. The van der Waals surface area contributed by atoms with E-state index in [9.17, 15) is 19.5 Å². The van der Waals surface area contributed by atoms with E-state index in [0.717, 1.165) is 0 Å². The van der Waals surface area contributed by atoms with Crippen molar-refractivity contribution in [3.05, 3.63) is 33.2 Å². The molecule has 4 N–H and O–H groups in total. The van der Waals surface area contributed by atoms with Gasteiger partial charge in [-0.05, 0) is 40.5 Å². The van der Waals surface area contributed by atoms with E-state index in [0.29, 0.717) is 59.9 Å². The molecule has 0 bridgehead atoms. The lowest BCUT2D eigenvalue weighted by atomic mass is 10.0. The van der Waals surface area contributed by atoms with Gasteiger partial charge in [0.2, 0.25) is 0 Å². The third-order valence-corrected chi connectivity index (χ3v) is 7.14. The summed E-state index contributed by atoms with van der Waals surface area (Å²) in [4.78, 5) is 49.5. The predicted octanol–water partition coefficient (Wildman–Crippen LogP) is 4.13. The molecule has 1 fully saturated rings. The van der Waals surface area contributed by atoms with Crippen LogP contribution in [0.5, 0.6) is 0 Å². The molecule has 2 amide bonds. The fourth-order valence-corrected chi connectivity index (χ4v) is 4.72. The minimum Gasteiger partial charge on any atom is -0.477 e. The number of nitrogens with zero attached hydrogens (tertiary/aromatic N) is 3. The zero-order chi connectivity index (χ0) is 27.3. The minimum absolute atomic E-state index is 0.0873. The number of hydrogen-bond acceptors (Lipinski definition) is 8. The largest absolute Gasteiger partial charge is 0.477 e.